The molecule has 5 heteroatoms. The summed E-state index contributed by atoms with van der Waals surface area (Å²) in [6, 6.07) is 15.4. The van der Waals surface area contributed by atoms with Crippen LogP contribution in [-0.4, -0.2) is 14.6 Å². The SMILES string of the molecule is O=S(=O)(/N=C\c1cccc(Br)c1)c1ccccc1. The number of hydrogen-bond acceptors (Lipinski definition) is 2. The molecule has 2 rings (SSSR count). The third-order valence-corrected chi connectivity index (χ3v) is 3.97. The van der Waals surface area contributed by atoms with Crippen LogP contribution in [0.2, 0.25) is 0 Å². The maximum absolute atomic E-state index is 11.9. The van der Waals surface area contributed by atoms with Crippen LogP contribution in [0.25, 0.3) is 0 Å². The smallest absolute Gasteiger partial charge is 0.199 e. The van der Waals surface area contributed by atoms with Crippen molar-refractivity contribution in [3.05, 3.63) is 64.6 Å². The average molecular weight is 324 g/mol. The minimum Gasteiger partial charge on any atom is -0.199 e. The van der Waals surface area contributed by atoms with Gasteiger partial charge in [-0.2, -0.15) is 12.8 Å². The molecule has 0 aliphatic carbocycles. The summed E-state index contributed by atoms with van der Waals surface area (Å²) in [5, 5.41) is 0. The van der Waals surface area contributed by atoms with Crippen molar-refractivity contribution >= 4 is 32.2 Å². The normalized spacial score (nSPS) is 11.8. The topological polar surface area (TPSA) is 46.5 Å². The Morgan fingerprint density at radius 2 is 1.72 bits per heavy atom. The van der Waals surface area contributed by atoms with Crippen molar-refractivity contribution < 1.29 is 8.42 Å². The van der Waals surface area contributed by atoms with Crippen LogP contribution in [0.1, 0.15) is 5.56 Å². The molecular weight excluding hydrogens is 314 g/mol. The standard InChI is InChI=1S/C13H10BrNO2S/c14-12-6-4-5-11(9-12)10-15-18(16,17)13-7-2-1-3-8-13/h1-10H/b15-10-. The second-order valence-electron chi connectivity index (χ2n) is 3.58. The Kier molecular flexibility index (Phi) is 3.93. The zero-order valence-corrected chi connectivity index (χ0v) is 11.7. The van der Waals surface area contributed by atoms with E-state index in [0.29, 0.717) is 0 Å². The molecule has 92 valence electrons. The molecule has 0 atom stereocenters. The van der Waals surface area contributed by atoms with Gasteiger partial charge < -0.3 is 0 Å². The minimum atomic E-state index is -3.62. The van der Waals surface area contributed by atoms with Gasteiger partial charge in [-0.05, 0) is 29.8 Å². The zero-order chi connectivity index (χ0) is 13.0. The molecule has 0 unspecified atom stereocenters. The van der Waals surface area contributed by atoms with Crippen LogP contribution in [0.15, 0.2) is 68.4 Å². The van der Waals surface area contributed by atoms with Crippen LogP contribution in [0.5, 0.6) is 0 Å². The van der Waals surface area contributed by atoms with E-state index in [9.17, 15) is 8.42 Å². The van der Waals surface area contributed by atoms with Crippen LogP contribution < -0.4 is 0 Å². The Balaban J connectivity index is 2.29. The highest BCUT2D eigenvalue weighted by molar-refractivity contribution is 9.10. The molecule has 0 aliphatic heterocycles. The molecular formula is C13H10BrNO2S. The summed E-state index contributed by atoms with van der Waals surface area (Å²) in [6.07, 6.45) is 1.34. The molecule has 0 bridgehead atoms. The van der Waals surface area contributed by atoms with E-state index in [0.717, 1.165) is 10.0 Å². The summed E-state index contributed by atoms with van der Waals surface area (Å²) in [6.45, 7) is 0. The lowest BCUT2D eigenvalue weighted by molar-refractivity contribution is 0.598. The van der Waals surface area contributed by atoms with E-state index >= 15 is 0 Å². The fourth-order valence-corrected chi connectivity index (χ4v) is 2.67. The number of rotatable bonds is 3. The molecule has 2 aromatic carbocycles. The lowest BCUT2D eigenvalue weighted by Crippen LogP contribution is -1.97. The van der Waals surface area contributed by atoms with Gasteiger partial charge in [-0.1, -0.05) is 46.3 Å². The molecule has 18 heavy (non-hydrogen) atoms. The Morgan fingerprint density at radius 3 is 2.39 bits per heavy atom. The van der Waals surface area contributed by atoms with Crippen molar-refractivity contribution in [2.24, 2.45) is 4.40 Å². The lowest BCUT2D eigenvalue weighted by Gasteiger charge is -1.98. The molecule has 0 N–H and O–H groups in total. The second-order valence-corrected chi connectivity index (χ2v) is 6.13. The van der Waals surface area contributed by atoms with Crippen molar-refractivity contribution in [3.8, 4) is 0 Å². The van der Waals surface area contributed by atoms with Crippen molar-refractivity contribution in [1.82, 2.24) is 0 Å². The second kappa shape index (κ2) is 5.46. The van der Waals surface area contributed by atoms with Crippen molar-refractivity contribution in [2.75, 3.05) is 0 Å². The van der Waals surface area contributed by atoms with Crippen LogP contribution in [0.4, 0.5) is 0 Å². The predicted octanol–water partition coefficient (Wildman–Crippen LogP) is 3.26. The first-order valence-electron chi connectivity index (χ1n) is 5.19. The molecule has 0 fully saturated rings. The van der Waals surface area contributed by atoms with E-state index in [1.165, 1.54) is 18.3 Å². The number of halogens is 1. The maximum Gasteiger partial charge on any atom is 0.282 e. The minimum absolute atomic E-state index is 0.191. The van der Waals surface area contributed by atoms with Crippen molar-refractivity contribution in [2.45, 2.75) is 4.90 Å². The number of nitrogens with zero attached hydrogens (tertiary/aromatic N) is 1. The Morgan fingerprint density at radius 1 is 1.00 bits per heavy atom. The van der Waals surface area contributed by atoms with E-state index in [-0.39, 0.29) is 4.90 Å². The van der Waals surface area contributed by atoms with Gasteiger partial charge in [0.15, 0.2) is 0 Å². The van der Waals surface area contributed by atoms with E-state index in [2.05, 4.69) is 20.3 Å². The summed E-state index contributed by atoms with van der Waals surface area (Å²) in [5.41, 5.74) is 0.726. The van der Waals surface area contributed by atoms with Gasteiger partial charge in [-0.3, -0.25) is 0 Å². The zero-order valence-electron chi connectivity index (χ0n) is 9.32. The molecule has 0 saturated carbocycles. The van der Waals surface area contributed by atoms with Crippen LogP contribution in [0.3, 0.4) is 0 Å². The van der Waals surface area contributed by atoms with Gasteiger partial charge in [-0.25, -0.2) is 0 Å². The molecule has 0 aromatic heterocycles. The molecule has 0 spiro atoms. The average Bonchev–Trinajstić information content (AvgIpc) is 2.38. The van der Waals surface area contributed by atoms with Gasteiger partial charge in [-0.15, -0.1) is 0 Å². The molecule has 0 radical (unpaired) electrons. The van der Waals surface area contributed by atoms with Gasteiger partial charge in [0.05, 0.1) is 4.90 Å². The third-order valence-electron chi connectivity index (χ3n) is 2.23. The van der Waals surface area contributed by atoms with E-state index < -0.39 is 10.0 Å². The van der Waals surface area contributed by atoms with Gasteiger partial charge >= 0.3 is 0 Å². The summed E-state index contributed by atoms with van der Waals surface area (Å²) in [7, 11) is -3.62. The first-order chi connectivity index (χ1) is 8.58. The molecule has 0 amide bonds. The Labute approximate surface area is 114 Å². The van der Waals surface area contributed by atoms with Gasteiger partial charge in [0, 0.05) is 10.7 Å². The van der Waals surface area contributed by atoms with Gasteiger partial charge in [0.1, 0.15) is 0 Å². The first-order valence-corrected chi connectivity index (χ1v) is 7.42. The van der Waals surface area contributed by atoms with E-state index in [1.54, 1.807) is 30.3 Å². The van der Waals surface area contributed by atoms with Crippen LogP contribution in [-0.2, 0) is 10.0 Å². The van der Waals surface area contributed by atoms with Gasteiger partial charge in [0.25, 0.3) is 10.0 Å². The number of sulfonamides is 1. The third kappa shape index (κ3) is 3.27. The molecule has 0 saturated heterocycles. The number of hydrogen-bond donors (Lipinski definition) is 0. The summed E-state index contributed by atoms with van der Waals surface area (Å²) >= 11 is 3.32. The molecule has 0 aliphatic rings. The fraction of sp³-hybridized carbons (Fsp3) is 0. The molecule has 2 aromatic rings. The largest absolute Gasteiger partial charge is 0.282 e. The predicted molar refractivity (Wildman–Crippen MR) is 75.4 cm³/mol. The van der Waals surface area contributed by atoms with Crippen LogP contribution in [0, 0.1) is 0 Å². The van der Waals surface area contributed by atoms with Crippen molar-refractivity contribution in [3.63, 3.8) is 0 Å². The number of benzene rings is 2. The quantitative estimate of drug-likeness (QED) is 0.814. The molecule has 3 nitrogen and oxygen atoms in total. The Bertz CT molecular complexity index is 666. The Hall–Kier alpha value is -1.46. The highest BCUT2D eigenvalue weighted by Crippen LogP contribution is 2.13. The van der Waals surface area contributed by atoms with E-state index in [1.807, 2.05) is 12.1 Å². The van der Waals surface area contributed by atoms with Crippen molar-refractivity contribution in [1.29, 1.82) is 0 Å². The summed E-state index contributed by atoms with van der Waals surface area (Å²) in [4.78, 5) is 0.191. The first kappa shape index (κ1) is 13.0. The highest BCUT2D eigenvalue weighted by Gasteiger charge is 2.09. The monoisotopic (exact) mass is 323 g/mol. The summed E-state index contributed by atoms with van der Waals surface area (Å²) < 4.78 is 28.3. The van der Waals surface area contributed by atoms with Gasteiger partial charge in [0.2, 0.25) is 0 Å². The summed E-state index contributed by atoms with van der Waals surface area (Å²) in [5.74, 6) is 0. The lowest BCUT2D eigenvalue weighted by atomic mass is 10.2. The van der Waals surface area contributed by atoms with E-state index in [4.69, 9.17) is 0 Å². The maximum atomic E-state index is 11.9. The molecule has 0 heterocycles. The fourth-order valence-electron chi connectivity index (χ4n) is 1.37. The highest BCUT2D eigenvalue weighted by atomic mass is 79.9. The van der Waals surface area contributed by atoms with Crippen LogP contribution >= 0.6 is 15.9 Å².